The number of amides is 6. The van der Waals surface area contributed by atoms with Crippen molar-refractivity contribution >= 4 is 180 Å². The van der Waals surface area contributed by atoms with Gasteiger partial charge in [0.2, 0.25) is 5.28 Å². The summed E-state index contributed by atoms with van der Waals surface area (Å²) in [6.07, 6.45) is 7.35. The summed E-state index contributed by atoms with van der Waals surface area (Å²) in [4.78, 5) is 105. The molecule has 9 heterocycles. The van der Waals surface area contributed by atoms with E-state index in [4.69, 9.17) is 52.2 Å². The molecule has 101 heavy (non-hydrogen) atoms. The summed E-state index contributed by atoms with van der Waals surface area (Å²) in [5, 5.41) is 28.2. The number of carboxylic acids is 1. The maximum absolute atomic E-state index is 12.3. The Morgan fingerprint density at radius 3 is 1.31 bits per heavy atom. The molecular formula is C67H71ClN20O7S6. The number of likely N-dealkylation sites (tertiary alicyclic amines) is 2. The van der Waals surface area contributed by atoms with E-state index in [1.807, 2.05) is 135 Å². The number of esters is 1. The van der Waals surface area contributed by atoms with E-state index < -0.39 is 16.8 Å². The van der Waals surface area contributed by atoms with Crippen LogP contribution in [0, 0.1) is 10.8 Å². The largest absolute Gasteiger partial charge is 0.481 e. The second-order valence-electron chi connectivity index (χ2n) is 23.3. The molecule has 2 aliphatic rings. The number of urea groups is 3. The Bertz CT molecular complexity index is 4750. The number of aliphatic carboxylic acids is 1. The molecule has 34 heteroatoms. The van der Waals surface area contributed by atoms with Gasteiger partial charge >= 0.3 is 30.0 Å². The van der Waals surface area contributed by atoms with Crippen LogP contribution in [-0.4, -0.2) is 159 Å². The van der Waals surface area contributed by atoms with E-state index in [2.05, 4.69) is 81.1 Å². The minimum atomic E-state index is -0.798. The first kappa shape index (κ1) is 73.8. The van der Waals surface area contributed by atoms with Crippen molar-refractivity contribution in [3.63, 3.8) is 0 Å². The van der Waals surface area contributed by atoms with Gasteiger partial charge < -0.3 is 47.1 Å². The van der Waals surface area contributed by atoms with Gasteiger partial charge in [-0.15, -0.1) is 0 Å². The molecule has 7 aromatic heterocycles. The molecule has 0 unspecified atom stereocenters. The van der Waals surface area contributed by atoms with Crippen LogP contribution in [-0.2, 0) is 14.3 Å². The summed E-state index contributed by atoms with van der Waals surface area (Å²) in [6, 6.07) is 27.5. The van der Waals surface area contributed by atoms with E-state index in [1.165, 1.54) is 45.5 Å². The number of carbonyl (C=O) groups excluding carboxylic acids is 4. The maximum atomic E-state index is 12.3. The Labute approximate surface area is 612 Å². The van der Waals surface area contributed by atoms with E-state index in [9.17, 15) is 29.1 Å². The molecule has 6 amide bonds. The Morgan fingerprint density at radius 2 is 0.960 bits per heavy atom. The van der Waals surface area contributed by atoms with Gasteiger partial charge in [0, 0.05) is 97.8 Å². The number of aromatic nitrogens is 8. The molecule has 2 saturated heterocycles. The minimum absolute atomic E-state index is 0.176. The number of carbonyl (C=O) groups is 5. The van der Waals surface area contributed by atoms with Crippen molar-refractivity contribution in [1.82, 2.24) is 65.0 Å². The third kappa shape index (κ3) is 18.4. The number of aliphatic imine (C=N–C) groups is 2. The molecule has 10 aromatic rings. The summed E-state index contributed by atoms with van der Waals surface area (Å²) >= 11 is 22.5. The van der Waals surface area contributed by atoms with Crippen molar-refractivity contribution < 1.29 is 33.8 Å². The molecule has 2 fully saturated rings. The van der Waals surface area contributed by atoms with Crippen LogP contribution in [0.15, 0.2) is 120 Å². The number of carboxylic acid groups (broad SMARTS) is 1. The molecule has 27 nitrogen and oxygen atoms in total. The van der Waals surface area contributed by atoms with E-state index in [0.717, 1.165) is 59.0 Å². The number of fused-ring (bicyclic) bond motifs is 3. The van der Waals surface area contributed by atoms with E-state index in [0.29, 0.717) is 132 Å². The first-order valence-electron chi connectivity index (χ1n) is 32.0. The molecule has 0 aliphatic carbocycles. The predicted octanol–water partition coefficient (Wildman–Crippen LogP) is 12.5. The summed E-state index contributed by atoms with van der Waals surface area (Å²) < 4.78 is 11.9. The number of ether oxygens (including phenoxy) is 1. The summed E-state index contributed by atoms with van der Waals surface area (Å²) in [6.45, 7) is 15.1. The van der Waals surface area contributed by atoms with Crippen LogP contribution in [0.2, 0.25) is 5.28 Å². The molecule has 0 saturated carbocycles. The topological polar surface area (TPSA) is 373 Å². The summed E-state index contributed by atoms with van der Waals surface area (Å²) in [5.41, 5.74) is 20.4. The van der Waals surface area contributed by atoms with Crippen molar-refractivity contribution in [3.05, 3.63) is 126 Å². The Balaban J connectivity index is 0.000000166. The van der Waals surface area contributed by atoms with Crippen molar-refractivity contribution in [2.75, 3.05) is 68.4 Å². The van der Waals surface area contributed by atoms with Gasteiger partial charge in [0.05, 0.1) is 65.2 Å². The lowest BCUT2D eigenvalue weighted by atomic mass is 9.80. The minimum Gasteiger partial charge on any atom is -0.481 e. The number of piperidine rings is 2. The number of hydrogen-bond donors (Lipinski definition) is 9. The van der Waals surface area contributed by atoms with Crippen LogP contribution in [0.4, 0.5) is 29.8 Å². The summed E-state index contributed by atoms with van der Waals surface area (Å²) in [5.74, 6) is -0.417. The van der Waals surface area contributed by atoms with Gasteiger partial charge in [-0.25, -0.2) is 44.3 Å². The second kappa shape index (κ2) is 33.5. The zero-order valence-corrected chi connectivity index (χ0v) is 61.3. The highest BCUT2D eigenvalue weighted by atomic mass is 35.5. The number of pyridine rings is 3. The number of nitrogens with two attached hydrogens (primary N) is 2. The quantitative estimate of drug-likeness (QED) is 0.0199. The summed E-state index contributed by atoms with van der Waals surface area (Å²) in [7, 11) is 0. The number of anilines is 3. The Hall–Kier alpha value is -9.90. The van der Waals surface area contributed by atoms with E-state index >= 15 is 0 Å². The van der Waals surface area contributed by atoms with Crippen LogP contribution >= 0.6 is 81.6 Å². The molecule has 11 N–H and O–H groups in total. The molecule has 0 spiro atoms. The highest BCUT2D eigenvalue weighted by Gasteiger charge is 2.39. The standard InChI is InChI=1S/C26H31N7O3S2.C24H27N7O3S2.C17H13ClN6OS2/c1-4-28-24(35)32-25-30-19-15-16(14-17(20(19)38-25)18-8-6-7-11-29-18)21(37)31-23(27)33-12-9-26(3,10-13-33)22(34)36-5-2;1-3-26-22(34)30-23-28-17-13-14(12-15(18(17)36-23)16-6-4-5-9-27-16)19(35)29-21(25)31-10-7-24(2,8-11-31)20(32)33;1-2-19-16(25)23-17-21-12-8-9(14-22-15(18)24-27-14)7-10(13(12)26-17)11-5-3-4-6-20-11/h6-8,11,14-15H,4-5,9-10,12-13H2,1-3H3,(H2,27,31,37)(H2,28,30,32,35);4-6,9,12-13H,3,7-8,10-11H2,1-2H3,(H,32,33)(H2,25,29,35)(H2,26,28,30,34);3-8H,2H2,1H3,(H2,19,21,23,25). The molecule has 12 rings (SSSR count). The van der Waals surface area contributed by atoms with Gasteiger partial charge in [-0.1, -0.05) is 76.6 Å². The molecule has 2 aliphatic heterocycles. The van der Waals surface area contributed by atoms with Gasteiger partial charge in [-0.2, -0.15) is 4.37 Å². The number of nitrogens with zero attached hydrogens (tertiary/aromatic N) is 12. The molecule has 524 valence electrons. The van der Waals surface area contributed by atoms with Crippen molar-refractivity contribution in [1.29, 1.82) is 0 Å². The average molecular weight is 1500 g/mol. The third-order valence-electron chi connectivity index (χ3n) is 16.2. The number of thiocarbonyl (C=S) groups is 2. The normalized spacial score (nSPS) is 14.2. The number of thiazole rings is 3. The lowest BCUT2D eigenvalue weighted by Crippen LogP contribution is -2.48. The molecule has 3 aromatic carbocycles. The van der Waals surface area contributed by atoms with Crippen molar-refractivity contribution in [3.8, 4) is 44.3 Å². The van der Waals surface area contributed by atoms with Gasteiger partial charge in [0.1, 0.15) is 15.0 Å². The van der Waals surface area contributed by atoms with E-state index in [-0.39, 0.29) is 40.3 Å². The zero-order chi connectivity index (χ0) is 72.0. The first-order valence-corrected chi connectivity index (χ1v) is 36.4. The SMILES string of the molecule is CCNC(=O)Nc1nc2cc(-c3nc(Cl)ns3)cc(-c3ccccn3)c2s1.CCNC(=O)Nc1nc2cc(C(=S)N=C(N)N3CCC(C)(C(=O)O)CC3)cc(-c3ccccn3)c2s1.CCNC(=O)Nc1nc2cc(C(=S)N=C(N)N3CCC(C)(C(=O)OCC)CC3)cc(-c3ccccn3)c2s1. The van der Waals surface area contributed by atoms with Gasteiger partial charge in [-0.05, 0) is 163 Å². The van der Waals surface area contributed by atoms with Crippen LogP contribution < -0.4 is 43.4 Å². The molecular weight excluding hydrogens is 1420 g/mol. The fourth-order valence-corrected chi connectivity index (χ4v) is 14.8. The monoisotopic (exact) mass is 1490 g/mol. The van der Waals surface area contributed by atoms with Gasteiger partial charge in [-0.3, -0.25) is 40.5 Å². The van der Waals surface area contributed by atoms with Crippen molar-refractivity contribution in [2.45, 2.75) is 67.2 Å². The number of halogens is 1. The van der Waals surface area contributed by atoms with Crippen LogP contribution in [0.5, 0.6) is 0 Å². The molecule has 0 radical (unpaired) electrons. The number of guanidine groups is 2. The number of rotatable bonds is 15. The highest BCUT2D eigenvalue weighted by Crippen LogP contribution is 2.41. The maximum Gasteiger partial charge on any atom is 0.321 e. The lowest BCUT2D eigenvalue weighted by Gasteiger charge is -2.37. The second-order valence-corrected chi connectivity index (χ2v) is 28.2. The number of benzene rings is 3. The molecule has 0 bridgehead atoms. The average Bonchev–Trinajstić information content (AvgIpc) is 1.68. The van der Waals surface area contributed by atoms with Crippen LogP contribution in [0.1, 0.15) is 78.4 Å². The Kier molecular flexibility index (Phi) is 24.5. The van der Waals surface area contributed by atoms with Gasteiger partial charge in [0.15, 0.2) is 27.3 Å². The predicted molar refractivity (Wildman–Crippen MR) is 409 cm³/mol. The van der Waals surface area contributed by atoms with Crippen LogP contribution in [0.3, 0.4) is 0 Å². The number of nitrogens with one attached hydrogen (secondary N) is 6. The molecule has 0 atom stereocenters. The first-order chi connectivity index (χ1) is 48.6. The van der Waals surface area contributed by atoms with Crippen molar-refractivity contribution in [2.24, 2.45) is 32.3 Å². The highest BCUT2D eigenvalue weighted by molar-refractivity contribution is 7.81. The Morgan fingerprint density at radius 1 is 0.574 bits per heavy atom. The number of hydrogen-bond acceptors (Lipinski definition) is 20. The fourth-order valence-electron chi connectivity index (χ4n) is 10.7. The third-order valence-corrected chi connectivity index (χ3v) is 21.0. The van der Waals surface area contributed by atoms with Gasteiger partial charge in [0.25, 0.3) is 0 Å². The fraction of sp³-hybridized carbons (Fsp3) is 0.299. The van der Waals surface area contributed by atoms with Crippen LogP contribution in [0.25, 0.3) is 75.0 Å². The van der Waals surface area contributed by atoms with E-state index in [1.54, 1.807) is 25.5 Å². The smallest absolute Gasteiger partial charge is 0.321 e. The lowest BCUT2D eigenvalue weighted by molar-refractivity contribution is -0.156. The zero-order valence-electron chi connectivity index (χ0n) is 55.6.